The Morgan fingerprint density at radius 2 is 1.44 bits per heavy atom. The fourth-order valence-electron chi connectivity index (χ4n) is 3.76. The lowest BCUT2D eigenvalue weighted by Crippen LogP contribution is -2.67. The summed E-state index contributed by atoms with van der Waals surface area (Å²) >= 11 is 0. The second-order valence-corrected chi connectivity index (χ2v) is 9.99. The standard InChI is InChI=1S/C24H42N2O10/c1-14(27)26-19-21(34-17(4)30)20(33-16(3)29)18(13-31-15(2)28)35-22(19)36-24(7,8)10-12-32-23(5,6)9-11-25/h18-22H,9-13,25H2,1-8H3,(H,26,27)/t18?,19?,20-,21?,22?/m0/s1. The maximum atomic E-state index is 12.1. The molecular weight excluding hydrogens is 476 g/mol. The highest BCUT2D eigenvalue weighted by Gasteiger charge is 2.52. The molecule has 12 nitrogen and oxygen atoms in total. The number of rotatable bonds is 13. The molecule has 1 fully saturated rings. The molecule has 5 atom stereocenters. The number of carbonyl (C=O) groups excluding carboxylic acids is 4. The number of carbonyl (C=O) groups is 4. The van der Waals surface area contributed by atoms with Crippen molar-refractivity contribution in [3.63, 3.8) is 0 Å². The molecule has 12 heteroatoms. The first-order chi connectivity index (χ1) is 16.6. The molecule has 0 saturated carbocycles. The van der Waals surface area contributed by atoms with Crippen LogP contribution in [0.2, 0.25) is 0 Å². The second-order valence-electron chi connectivity index (χ2n) is 9.99. The SMILES string of the molecule is CC(=O)NC1C(OC(C)(C)CCOC(C)(C)CCN)OC(COC(C)=O)[C@H](OC(C)=O)C1OC(C)=O. The Hall–Kier alpha value is -2.28. The number of hydrogen-bond acceptors (Lipinski definition) is 11. The summed E-state index contributed by atoms with van der Waals surface area (Å²) < 4.78 is 34.2. The molecule has 0 spiro atoms. The van der Waals surface area contributed by atoms with Crippen LogP contribution in [-0.4, -0.2) is 85.4 Å². The molecule has 0 bridgehead atoms. The fraction of sp³-hybridized carbons (Fsp3) is 0.833. The Morgan fingerprint density at radius 3 is 1.94 bits per heavy atom. The van der Waals surface area contributed by atoms with Crippen molar-refractivity contribution < 1.29 is 47.6 Å². The van der Waals surface area contributed by atoms with E-state index in [1.165, 1.54) is 27.7 Å². The summed E-state index contributed by atoms with van der Waals surface area (Å²) in [5.41, 5.74) is 4.42. The average molecular weight is 519 g/mol. The van der Waals surface area contributed by atoms with Gasteiger partial charge in [-0.15, -0.1) is 0 Å². The van der Waals surface area contributed by atoms with Gasteiger partial charge in [0.05, 0.1) is 17.8 Å². The van der Waals surface area contributed by atoms with Crippen LogP contribution < -0.4 is 11.1 Å². The van der Waals surface area contributed by atoms with Crippen LogP contribution >= 0.6 is 0 Å². The van der Waals surface area contributed by atoms with Crippen LogP contribution in [0.5, 0.6) is 0 Å². The molecule has 1 aliphatic rings. The van der Waals surface area contributed by atoms with E-state index in [-0.39, 0.29) is 6.61 Å². The van der Waals surface area contributed by atoms with Crippen LogP contribution in [0.3, 0.4) is 0 Å². The molecule has 0 aliphatic carbocycles. The summed E-state index contributed by atoms with van der Waals surface area (Å²) in [7, 11) is 0. The minimum Gasteiger partial charge on any atom is -0.463 e. The Morgan fingerprint density at radius 1 is 0.861 bits per heavy atom. The maximum absolute atomic E-state index is 12.1. The van der Waals surface area contributed by atoms with Gasteiger partial charge in [0.25, 0.3) is 0 Å². The van der Waals surface area contributed by atoms with Crippen molar-refractivity contribution in [2.75, 3.05) is 19.8 Å². The zero-order chi connectivity index (χ0) is 27.7. The number of nitrogens with one attached hydrogen (secondary N) is 1. The van der Waals surface area contributed by atoms with Gasteiger partial charge in [-0.1, -0.05) is 0 Å². The van der Waals surface area contributed by atoms with E-state index in [2.05, 4.69) is 5.32 Å². The summed E-state index contributed by atoms with van der Waals surface area (Å²) in [5, 5.41) is 2.69. The minimum atomic E-state index is -1.18. The third kappa shape index (κ3) is 11.2. The van der Waals surface area contributed by atoms with Gasteiger partial charge in [0.1, 0.15) is 18.8 Å². The molecule has 1 saturated heterocycles. The number of hydrogen-bond donors (Lipinski definition) is 2. The summed E-state index contributed by atoms with van der Waals surface area (Å²) in [5.74, 6) is -2.37. The first-order valence-electron chi connectivity index (χ1n) is 12.0. The molecule has 1 aliphatic heterocycles. The van der Waals surface area contributed by atoms with Gasteiger partial charge in [-0.05, 0) is 47.1 Å². The van der Waals surface area contributed by atoms with Crippen molar-refractivity contribution in [2.24, 2.45) is 5.73 Å². The first-order valence-corrected chi connectivity index (χ1v) is 12.0. The topological polar surface area (TPSA) is 162 Å². The van der Waals surface area contributed by atoms with Crippen LogP contribution in [0.1, 0.15) is 68.2 Å². The molecule has 208 valence electrons. The summed E-state index contributed by atoms with van der Waals surface area (Å²) in [4.78, 5) is 47.3. The van der Waals surface area contributed by atoms with Gasteiger partial charge < -0.3 is 39.5 Å². The van der Waals surface area contributed by atoms with Crippen molar-refractivity contribution in [1.29, 1.82) is 0 Å². The van der Waals surface area contributed by atoms with Crippen molar-refractivity contribution in [2.45, 2.75) is 110 Å². The molecule has 0 radical (unpaired) electrons. The highest BCUT2D eigenvalue weighted by Crippen LogP contribution is 2.31. The van der Waals surface area contributed by atoms with E-state index in [0.717, 1.165) is 0 Å². The number of esters is 3. The van der Waals surface area contributed by atoms with Gasteiger partial charge in [-0.25, -0.2) is 0 Å². The van der Waals surface area contributed by atoms with Gasteiger partial charge >= 0.3 is 17.9 Å². The van der Waals surface area contributed by atoms with Gasteiger partial charge in [-0.2, -0.15) is 0 Å². The fourth-order valence-corrected chi connectivity index (χ4v) is 3.76. The molecule has 0 aromatic rings. The molecule has 0 aromatic carbocycles. The third-order valence-electron chi connectivity index (χ3n) is 5.45. The van der Waals surface area contributed by atoms with E-state index in [4.69, 9.17) is 34.2 Å². The van der Waals surface area contributed by atoms with E-state index in [1.54, 1.807) is 0 Å². The Bertz CT molecular complexity index is 770. The van der Waals surface area contributed by atoms with Gasteiger partial charge in [0.15, 0.2) is 18.5 Å². The average Bonchev–Trinajstić information content (AvgIpc) is 2.69. The summed E-state index contributed by atoms with van der Waals surface area (Å²) in [6, 6.07) is -1.03. The molecule has 1 amide bonds. The van der Waals surface area contributed by atoms with Crippen molar-refractivity contribution in [3.8, 4) is 0 Å². The zero-order valence-electron chi connectivity index (χ0n) is 22.6. The Balaban J connectivity index is 3.23. The lowest BCUT2D eigenvalue weighted by atomic mass is 9.95. The molecule has 1 heterocycles. The molecule has 3 N–H and O–H groups in total. The lowest BCUT2D eigenvalue weighted by Gasteiger charge is -2.46. The van der Waals surface area contributed by atoms with Crippen LogP contribution in [0.25, 0.3) is 0 Å². The van der Waals surface area contributed by atoms with E-state index in [1.807, 2.05) is 27.7 Å². The smallest absolute Gasteiger partial charge is 0.303 e. The lowest BCUT2D eigenvalue weighted by molar-refractivity contribution is -0.301. The predicted molar refractivity (Wildman–Crippen MR) is 127 cm³/mol. The predicted octanol–water partition coefficient (Wildman–Crippen LogP) is 0.972. The molecule has 4 unspecified atom stereocenters. The molecule has 1 rings (SSSR count). The number of nitrogens with two attached hydrogens (primary N) is 1. The minimum absolute atomic E-state index is 0.297. The Kier molecular flexibility index (Phi) is 12.2. The Labute approximate surface area is 212 Å². The summed E-state index contributed by atoms with van der Waals surface area (Å²) in [6.45, 7) is 13.0. The van der Waals surface area contributed by atoms with E-state index in [9.17, 15) is 19.2 Å². The van der Waals surface area contributed by atoms with Gasteiger partial charge in [0, 0.05) is 27.7 Å². The molecule has 36 heavy (non-hydrogen) atoms. The monoisotopic (exact) mass is 518 g/mol. The van der Waals surface area contributed by atoms with Crippen molar-refractivity contribution >= 4 is 23.8 Å². The largest absolute Gasteiger partial charge is 0.463 e. The van der Waals surface area contributed by atoms with E-state index < -0.39 is 65.7 Å². The van der Waals surface area contributed by atoms with Gasteiger partial charge in [-0.3, -0.25) is 19.2 Å². The van der Waals surface area contributed by atoms with Crippen LogP contribution in [0, 0.1) is 0 Å². The van der Waals surface area contributed by atoms with E-state index >= 15 is 0 Å². The van der Waals surface area contributed by atoms with Crippen molar-refractivity contribution in [3.05, 3.63) is 0 Å². The highest BCUT2D eigenvalue weighted by molar-refractivity contribution is 5.73. The van der Waals surface area contributed by atoms with Crippen LogP contribution in [0.15, 0.2) is 0 Å². The molecular formula is C24H42N2O10. The molecule has 0 aromatic heterocycles. The second kappa shape index (κ2) is 13.9. The van der Waals surface area contributed by atoms with E-state index in [0.29, 0.717) is 26.0 Å². The van der Waals surface area contributed by atoms with Crippen LogP contribution in [0.4, 0.5) is 0 Å². The number of ether oxygens (including phenoxy) is 6. The van der Waals surface area contributed by atoms with Crippen molar-refractivity contribution in [1.82, 2.24) is 5.32 Å². The maximum Gasteiger partial charge on any atom is 0.303 e. The third-order valence-corrected chi connectivity index (χ3v) is 5.45. The zero-order valence-corrected chi connectivity index (χ0v) is 22.6. The normalized spacial score (nSPS) is 24.5. The van der Waals surface area contributed by atoms with Crippen LogP contribution in [-0.2, 0) is 47.6 Å². The van der Waals surface area contributed by atoms with Gasteiger partial charge in [0.2, 0.25) is 5.91 Å². The first kappa shape index (κ1) is 31.7. The number of amides is 1. The quantitative estimate of drug-likeness (QED) is 0.264. The summed E-state index contributed by atoms with van der Waals surface area (Å²) in [6.07, 6.45) is -3.39. The highest BCUT2D eigenvalue weighted by atomic mass is 16.7.